The highest BCUT2D eigenvalue weighted by Gasteiger charge is 2.24. The standard InChI is InChI=1S/C17H20N2O4S/c20-15(19-7-1-3-12(10-19)5-6-16(21)22)9-13-11-23-17(18-13)14-4-2-8-24-14/h2,4,8,11-12H,1,3,5-7,9-10H2,(H,21,22)/t12-/m1/s1. The van der Waals surface area contributed by atoms with E-state index < -0.39 is 5.97 Å². The molecule has 0 unspecified atom stereocenters. The first kappa shape index (κ1) is 16.7. The van der Waals surface area contributed by atoms with Gasteiger partial charge in [0.25, 0.3) is 0 Å². The predicted octanol–water partition coefficient (Wildman–Crippen LogP) is 3.05. The van der Waals surface area contributed by atoms with Gasteiger partial charge in [0, 0.05) is 19.5 Å². The van der Waals surface area contributed by atoms with Crippen LogP contribution in [0.1, 0.15) is 31.4 Å². The molecule has 1 aliphatic rings. The number of amides is 1. The van der Waals surface area contributed by atoms with Crippen LogP contribution in [0.25, 0.3) is 10.8 Å². The van der Waals surface area contributed by atoms with E-state index in [-0.39, 0.29) is 24.7 Å². The van der Waals surface area contributed by atoms with Gasteiger partial charge in [-0.2, -0.15) is 0 Å². The number of carboxylic acids is 1. The molecule has 1 N–H and O–H groups in total. The Hall–Kier alpha value is -2.15. The molecule has 1 atom stereocenters. The van der Waals surface area contributed by atoms with E-state index in [2.05, 4.69) is 4.98 Å². The summed E-state index contributed by atoms with van der Waals surface area (Å²) in [5, 5.41) is 10.8. The lowest BCUT2D eigenvalue weighted by molar-refractivity contribution is -0.137. The number of aliphatic carboxylic acids is 1. The van der Waals surface area contributed by atoms with E-state index in [1.807, 2.05) is 22.4 Å². The summed E-state index contributed by atoms with van der Waals surface area (Å²) in [6.45, 7) is 1.37. The quantitative estimate of drug-likeness (QED) is 0.867. The highest BCUT2D eigenvalue weighted by molar-refractivity contribution is 7.13. The molecule has 2 aromatic rings. The molecule has 0 bridgehead atoms. The average molecular weight is 348 g/mol. The number of aromatic nitrogens is 1. The molecule has 1 aliphatic heterocycles. The van der Waals surface area contributed by atoms with Crippen molar-refractivity contribution in [1.29, 1.82) is 0 Å². The van der Waals surface area contributed by atoms with E-state index in [1.54, 1.807) is 17.6 Å². The molecule has 0 aliphatic carbocycles. The van der Waals surface area contributed by atoms with Crippen molar-refractivity contribution in [2.45, 2.75) is 32.1 Å². The number of carbonyl (C=O) groups excluding carboxylic acids is 1. The van der Waals surface area contributed by atoms with Crippen molar-refractivity contribution < 1.29 is 19.1 Å². The summed E-state index contributed by atoms with van der Waals surface area (Å²) < 4.78 is 5.45. The fraction of sp³-hybridized carbons (Fsp3) is 0.471. The maximum atomic E-state index is 12.5. The number of likely N-dealkylation sites (tertiary alicyclic amines) is 1. The zero-order valence-electron chi connectivity index (χ0n) is 13.3. The predicted molar refractivity (Wildman–Crippen MR) is 89.7 cm³/mol. The number of rotatable bonds is 6. The van der Waals surface area contributed by atoms with Gasteiger partial charge in [-0.1, -0.05) is 6.07 Å². The number of piperidine rings is 1. The number of thiophene rings is 1. The Morgan fingerprint density at radius 1 is 1.46 bits per heavy atom. The molecular weight excluding hydrogens is 328 g/mol. The van der Waals surface area contributed by atoms with Crippen LogP contribution in [0.3, 0.4) is 0 Å². The fourth-order valence-corrected chi connectivity index (χ4v) is 3.68. The minimum Gasteiger partial charge on any atom is -0.481 e. The second kappa shape index (κ2) is 7.61. The molecule has 7 heteroatoms. The van der Waals surface area contributed by atoms with Crippen LogP contribution in [-0.2, 0) is 16.0 Å². The second-order valence-electron chi connectivity index (χ2n) is 6.08. The van der Waals surface area contributed by atoms with Crippen molar-refractivity contribution in [3.8, 4) is 10.8 Å². The summed E-state index contributed by atoms with van der Waals surface area (Å²) in [5.41, 5.74) is 0.635. The summed E-state index contributed by atoms with van der Waals surface area (Å²) in [7, 11) is 0. The van der Waals surface area contributed by atoms with Gasteiger partial charge in [-0.15, -0.1) is 11.3 Å². The van der Waals surface area contributed by atoms with Crippen LogP contribution in [0.5, 0.6) is 0 Å². The average Bonchev–Trinajstić information content (AvgIpc) is 3.24. The number of hydrogen-bond acceptors (Lipinski definition) is 5. The Kier molecular flexibility index (Phi) is 5.30. The Morgan fingerprint density at radius 3 is 3.08 bits per heavy atom. The van der Waals surface area contributed by atoms with Crippen LogP contribution in [0.4, 0.5) is 0 Å². The van der Waals surface area contributed by atoms with E-state index in [4.69, 9.17) is 9.52 Å². The molecule has 0 radical (unpaired) electrons. The second-order valence-corrected chi connectivity index (χ2v) is 7.03. The maximum absolute atomic E-state index is 12.5. The van der Waals surface area contributed by atoms with Gasteiger partial charge in [0.2, 0.25) is 11.8 Å². The minimum atomic E-state index is -0.776. The van der Waals surface area contributed by atoms with Gasteiger partial charge in [0.05, 0.1) is 17.0 Å². The van der Waals surface area contributed by atoms with E-state index in [0.717, 1.165) is 24.3 Å². The summed E-state index contributed by atoms with van der Waals surface area (Å²) in [6, 6.07) is 3.86. The molecule has 6 nitrogen and oxygen atoms in total. The van der Waals surface area contributed by atoms with Gasteiger partial charge in [-0.25, -0.2) is 4.98 Å². The van der Waals surface area contributed by atoms with Crippen LogP contribution in [0, 0.1) is 5.92 Å². The third-order valence-corrected chi connectivity index (χ3v) is 5.11. The summed E-state index contributed by atoms with van der Waals surface area (Å²) in [5.74, 6) is 0.0757. The molecule has 0 aromatic carbocycles. The van der Waals surface area contributed by atoms with Gasteiger partial charge < -0.3 is 14.4 Å². The molecule has 3 rings (SSSR count). The van der Waals surface area contributed by atoms with Gasteiger partial charge in [0.15, 0.2) is 0 Å². The number of carbonyl (C=O) groups is 2. The van der Waals surface area contributed by atoms with E-state index in [0.29, 0.717) is 24.6 Å². The lowest BCUT2D eigenvalue weighted by atomic mass is 9.93. The van der Waals surface area contributed by atoms with Crippen LogP contribution in [-0.4, -0.2) is 40.0 Å². The molecule has 3 heterocycles. The molecular formula is C17H20N2O4S. The Balaban J connectivity index is 1.55. The van der Waals surface area contributed by atoms with Gasteiger partial charge >= 0.3 is 5.97 Å². The summed E-state index contributed by atoms with van der Waals surface area (Å²) in [6.07, 6.45) is 4.48. The van der Waals surface area contributed by atoms with Crippen molar-refractivity contribution in [2.24, 2.45) is 5.92 Å². The Bertz CT molecular complexity index is 695. The normalized spacial score (nSPS) is 17.8. The van der Waals surface area contributed by atoms with Gasteiger partial charge in [-0.05, 0) is 36.6 Å². The number of nitrogens with zero attached hydrogens (tertiary/aromatic N) is 2. The van der Waals surface area contributed by atoms with Crippen LogP contribution < -0.4 is 0 Å². The zero-order valence-corrected chi connectivity index (χ0v) is 14.1. The smallest absolute Gasteiger partial charge is 0.303 e. The highest BCUT2D eigenvalue weighted by atomic mass is 32.1. The van der Waals surface area contributed by atoms with Crippen LogP contribution in [0.15, 0.2) is 28.2 Å². The van der Waals surface area contributed by atoms with Crippen molar-refractivity contribution in [1.82, 2.24) is 9.88 Å². The number of hydrogen-bond donors (Lipinski definition) is 1. The lowest BCUT2D eigenvalue weighted by Crippen LogP contribution is -2.40. The van der Waals surface area contributed by atoms with Gasteiger partial charge in [0.1, 0.15) is 6.26 Å². The Labute approximate surface area is 144 Å². The summed E-state index contributed by atoms with van der Waals surface area (Å²) >= 11 is 1.54. The number of carboxylic acid groups (broad SMARTS) is 1. The SMILES string of the molecule is O=C(O)CC[C@H]1CCCN(C(=O)Cc2coc(-c3cccs3)n2)C1. The maximum Gasteiger partial charge on any atom is 0.303 e. The van der Waals surface area contributed by atoms with Crippen LogP contribution >= 0.6 is 11.3 Å². The minimum absolute atomic E-state index is 0.0288. The molecule has 128 valence electrons. The fourth-order valence-electron chi connectivity index (χ4n) is 3.02. The molecule has 1 saturated heterocycles. The summed E-state index contributed by atoms with van der Waals surface area (Å²) in [4.78, 5) is 30.3. The van der Waals surface area contributed by atoms with E-state index >= 15 is 0 Å². The first-order chi connectivity index (χ1) is 11.6. The highest BCUT2D eigenvalue weighted by Crippen LogP contribution is 2.25. The molecule has 0 spiro atoms. The first-order valence-corrected chi connectivity index (χ1v) is 8.97. The molecule has 24 heavy (non-hydrogen) atoms. The molecule has 0 saturated carbocycles. The number of oxazole rings is 1. The lowest BCUT2D eigenvalue weighted by Gasteiger charge is -2.32. The van der Waals surface area contributed by atoms with Crippen molar-refractivity contribution >= 4 is 23.2 Å². The van der Waals surface area contributed by atoms with E-state index in [1.165, 1.54) is 0 Å². The first-order valence-electron chi connectivity index (χ1n) is 8.09. The zero-order chi connectivity index (χ0) is 16.9. The van der Waals surface area contributed by atoms with E-state index in [9.17, 15) is 9.59 Å². The molecule has 2 aromatic heterocycles. The molecule has 1 amide bonds. The molecule has 1 fully saturated rings. The van der Waals surface area contributed by atoms with Gasteiger partial charge in [-0.3, -0.25) is 9.59 Å². The van der Waals surface area contributed by atoms with Crippen molar-refractivity contribution in [3.05, 3.63) is 29.5 Å². The third kappa shape index (κ3) is 4.23. The van der Waals surface area contributed by atoms with Crippen LogP contribution in [0.2, 0.25) is 0 Å². The largest absolute Gasteiger partial charge is 0.481 e. The topological polar surface area (TPSA) is 83.6 Å². The monoisotopic (exact) mass is 348 g/mol. The van der Waals surface area contributed by atoms with Crippen molar-refractivity contribution in [2.75, 3.05) is 13.1 Å². The third-order valence-electron chi connectivity index (χ3n) is 4.25. The Morgan fingerprint density at radius 2 is 2.33 bits per heavy atom. The van der Waals surface area contributed by atoms with Crippen molar-refractivity contribution in [3.63, 3.8) is 0 Å².